The summed E-state index contributed by atoms with van der Waals surface area (Å²) in [5.74, 6) is 0.248. The van der Waals surface area contributed by atoms with E-state index < -0.39 is 15.4 Å². The van der Waals surface area contributed by atoms with Crippen LogP contribution in [0.3, 0.4) is 0 Å². The highest BCUT2D eigenvalue weighted by atomic mass is 32.2. The number of methoxy groups -OCH3 is 1. The van der Waals surface area contributed by atoms with E-state index in [1.165, 1.54) is 13.2 Å². The first-order valence-electron chi connectivity index (χ1n) is 11.1. The molecule has 2 N–H and O–H groups in total. The van der Waals surface area contributed by atoms with Crippen LogP contribution in [0, 0.1) is 0 Å². The van der Waals surface area contributed by atoms with Crippen molar-refractivity contribution in [1.29, 1.82) is 0 Å². The summed E-state index contributed by atoms with van der Waals surface area (Å²) in [6.45, 7) is 2.07. The van der Waals surface area contributed by atoms with Crippen molar-refractivity contribution in [2.75, 3.05) is 17.1 Å². The van der Waals surface area contributed by atoms with Crippen molar-refractivity contribution in [2.45, 2.75) is 42.4 Å². The first-order valence-corrected chi connectivity index (χ1v) is 12.5. The standard InChI is InChI=1S/C26H26N2O4S/c1-17(18-9-4-3-5-10-18)20-15-19(16-21-24(20)27-25(29)26(21)13-8-14-26)28-33(30,31)23-12-7-6-11-22(23)32-2/h3-7,9-12,15-17,28H,8,13-14H2,1-2H3,(H,27,29). The summed E-state index contributed by atoms with van der Waals surface area (Å²) < 4.78 is 34.5. The van der Waals surface area contributed by atoms with Crippen LogP contribution in [0.5, 0.6) is 5.75 Å². The van der Waals surface area contributed by atoms with Gasteiger partial charge in [0.2, 0.25) is 5.91 Å². The van der Waals surface area contributed by atoms with Crippen LogP contribution in [0.4, 0.5) is 11.4 Å². The molecule has 1 atom stereocenters. The van der Waals surface area contributed by atoms with Gasteiger partial charge in [0.05, 0.1) is 12.5 Å². The van der Waals surface area contributed by atoms with Crippen LogP contribution in [0.15, 0.2) is 71.6 Å². The minimum absolute atomic E-state index is 0.00926. The number of fused-ring (bicyclic) bond motifs is 2. The fourth-order valence-electron chi connectivity index (χ4n) is 4.94. The van der Waals surface area contributed by atoms with Crippen molar-refractivity contribution < 1.29 is 17.9 Å². The molecule has 0 aromatic heterocycles. The Bertz CT molecular complexity index is 1330. The third-order valence-electron chi connectivity index (χ3n) is 6.94. The van der Waals surface area contributed by atoms with Gasteiger partial charge in [0.1, 0.15) is 10.6 Å². The van der Waals surface area contributed by atoms with E-state index in [2.05, 4.69) is 17.0 Å². The van der Waals surface area contributed by atoms with Crippen LogP contribution in [0.2, 0.25) is 0 Å². The van der Waals surface area contributed by atoms with Crippen molar-refractivity contribution >= 4 is 27.3 Å². The molecule has 7 heteroatoms. The molecule has 1 aliphatic heterocycles. The van der Waals surface area contributed by atoms with Gasteiger partial charge in [-0.3, -0.25) is 9.52 Å². The lowest BCUT2D eigenvalue weighted by molar-refractivity contribution is -0.123. The van der Waals surface area contributed by atoms with Crippen LogP contribution < -0.4 is 14.8 Å². The molecular formula is C26H26N2O4S. The number of amides is 1. The molecule has 1 heterocycles. The van der Waals surface area contributed by atoms with Crippen molar-refractivity contribution in [3.05, 3.63) is 83.4 Å². The average Bonchev–Trinajstić information content (AvgIpc) is 3.10. The number of sulfonamides is 1. The van der Waals surface area contributed by atoms with Crippen molar-refractivity contribution in [3.8, 4) is 5.75 Å². The first kappa shape index (κ1) is 21.5. The van der Waals surface area contributed by atoms with Crippen LogP contribution in [0.25, 0.3) is 0 Å². The molecule has 1 saturated carbocycles. The van der Waals surface area contributed by atoms with Crippen molar-refractivity contribution in [3.63, 3.8) is 0 Å². The Hall–Kier alpha value is -3.32. The Balaban J connectivity index is 1.63. The smallest absolute Gasteiger partial charge is 0.265 e. The number of hydrogen-bond donors (Lipinski definition) is 2. The first-order chi connectivity index (χ1) is 15.9. The molecule has 170 valence electrons. The summed E-state index contributed by atoms with van der Waals surface area (Å²) >= 11 is 0. The zero-order valence-electron chi connectivity index (χ0n) is 18.6. The van der Waals surface area contributed by atoms with Gasteiger partial charge in [0.15, 0.2) is 0 Å². The van der Waals surface area contributed by atoms with E-state index in [0.29, 0.717) is 5.69 Å². The highest BCUT2D eigenvalue weighted by Gasteiger charge is 2.52. The number of para-hydroxylation sites is 1. The molecule has 0 radical (unpaired) electrons. The SMILES string of the molecule is COc1ccccc1S(=O)(=O)Nc1cc(C(C)c2ccccc2)c2c(c1)C1(CCC1)C(=O)N2. The normalized spacial score (nSPS) is 17.1. The molecule has 2 aliphatic rings. The van der Waals surface area contributed by atoms with Crippen LogP contribution in [-0.2, 0) is 20.2 Å². The fourth-order valence-corrected chi connectivity index (χ4v) is 6.15. The second-order valence-corrected chi connectivity index (χ2v) is 10.4. The number of benzene rings is 3. The summed E-state index contributed by atoms with van der Waals surface area (Å²) in [6, 6.07) is 20.2. The van der Waals surface area contributed by atoms with Crippen LogP contribution in [-0.4, -0.2) is 21.4 Å². The number of carbonyl (C=O) groups excluding carboxylic acids is 1. The minimum Gasteiger partial charge on any atom is -0.495 e. The van der Waals surface area contributed by atoms with Gasteiger partial charge >= 0.3 is 0 Å². The van der Waals surface area contributed by atoms with Gasteiger partial charge in [0, 0.05) is 17.3 Å². The van der Waals surface area contributed by atoms with Crippen molar-refractivity contribution in [2.24, 2.45) is 0 Å². The van der Waals surface area contributed by atoms with E-state index in [1.807, 2.05) is 42.5 Å². The van der Waals surface area contributed by atoms with E-state index >= 15 is 0 Å². The van der Waals surface area contributed by atoms with E-state index in [1.54, 1.807) is 18.2 Å². The second kappa shape index (κ2) is 7.92. The molecule has 1 amide bonds. The zero-order valence-corrected chi connectivity index (χ0v) is 19.4. The largest absolute Gasteiger partial charge is 0.495 e. The fraction of sp³-hybridized carbons (Fsp3) is 0.269. The quantitative estimate of drug-likeness (QED) is 0.539. The molecule has 1 aliphatic carbocycles. The number of anilines is 2. The lowest BCUT2D eigenvalue weighted by atomic mass is 9.65. The molecule has 3 aromatic carbocycles. The molecular weight excluding hydrogens is 436 g/mol. The Kier molecular flexibility index (Phi) is 5.16. The van der Waals surface area contributed by atoms with Gasteiger partial charge in [-0.05, 0) is 53.8 Å². The third kappa shape index (κ3) is 3.47. The lowest BCUT2D eigenvalue weighted by Gasteiger charge is -2.36. The molecule has 5 rings (SSSR count). The molecule has 3 aromatic rings. The second-order valence-electron chi connectivity index (χ2n) is 8.77. The van der Waals surface area contributed by atoms with Gasteiger partial charge in [-0.2, -0.15) is 0 Å². The number of ether oxygens (including phenoxy) is 1. The summed E-state index contributed by atoms with van der Waals surface area (Å²) in [4.78, 5) is 13.0. The van der Waals surface area contributed by atoms with Gasteiger partial charge in [-0.15, -0.1) is 0 Å². The molecule has 33 heavy (non-hydrogen) atoms. The lowest BCUT2D eigenvalue weighted by Crippen LogP contribution is -2.40. The van der Waals surface area contributed by atoms with Gasteiger partial charge < -0.3 is 10.1 Å². The highest BCUT2D eigenvalue weighted by molar-refractivity contribution is 7.92. The zero-order chi connectivity index (χ0) is 23.2. The summed E-state index contributed by atoms with van der Waals surface area (Å²) in [5.41, 5.74) is 3.57. The topological polar surface area (TPSA) is 84.5 Å². The highest BCUT2D eigenvalue weighted by Crippen LogP contribution is 2.54. The molecule has 1 spiro atoms. The maximum Gasteiger partial charge on any atom is 0.265 e. The van der Waals surface area contributed by atoms with Gasteiger partial charge in [0.25, 0.3) is 10.0 Å². The van der Waals surface area contributed by atoms with E-state index in [4.69, 9.17) is 4.74 Å². The molecule has 1 unspecified atom stereocenters. The maximum atomic E-state index is 13.3. The predicted molar refractivity (Wildman–Crippen MR) is 128 cm³/mol. The predicted octanol–water partition coefficient (Wildman–Crippen LogP) is 5.02. The average molecular weight is 463 g/mol. The number of carbonyl (C=O) groups is 1. The van der Waals surface area contributed by atoms with E-state index in [0.717, 1.165) is 41.6 Å². The van der Waals surface area contributed by atoms with Gasteiger partial charge in [-0.25, -0.2) is 8.42 Å². The van der Waals surface area contributed by atoms with Crippen LogP contribution in [0.1, 0.15) is 48.8 Å². The minimum atomic E-state index is -3.90. The monoisotopic (exact) mass is 462 g/mol. The van der Waals surface area contributed by atoms with Crippen LogP contribution >= 0.6 is 0 Å². The number of rotatable bonds is 6. The Morgan fingerprint density at radius 3 is 2.39 bits per heavy atom. The molecule has 0 bridgehead atoms. The summed E-state index contributed by atoms with van der Waals surface area (Å²) in [7, 11) is -2.45. The van der Waals surface area contributed by atoms with E-state index in [9.17, 15) is 13.2 Å². The summed E-state index contributed by atoms with van der Waals surface area (Å²) in [6.07, 6.45) is 2.52. The molecule has 6 nitrogen and oxygen atoms in total. The Labute approximate surface area is 194 Å². The Morgan fingerprint density at radius 2 is 1.73 bits per heavy atom. The Morgan fingerprint density at radius 1 is 1.03 bits per heavy atom. The number of nitrogens with one attached hydrogen (secondary N) is 2. The summed E-state index contributed by atoms with van der Waals surface area (Å²) in [5, 5.41) is 3.11. The molecule has 0 saturated heterocycles. The van der Waals surface area contributed by atoms with Crippen molar-refractivity contribution in [1.82, 2.24) is 0 Å². The number of hydrogen-bond acceptors (Lipinski definition) is 4. The van der Waals surface area contributed by atoms with E-state index in [-0.39, 0.29) is 22.5 Å². The van der Waals surface area contributed by atoms with Gasteiger partial charge in [-0.1, -0.05) is 55.8 Å². The molecule has 1 fully saturated rings. The maximum absolute atomic E-state index is 13.3. The third-order valence-corrected chi connectivity index (χ3v) is 8.36.